The Morgan fingerprint density at radius 1 is 1.62 bits per heavy atom. The van der Waals surface area contributed by atoms with Crippen LogP contribution in [0.1, 0.15) is 48.2 Å². The van der Waals surface area contributed by atoms with Gasteiger partial charge in [-0.15, -0.1) is 11.3 Å². The fourth-order valence-corrected chi connectivity index (χ4v) is 3.58. The average Bonchev–Trinajstić information content (AvgIpc) is 2.66. The van der Waals surface area contributed by atoms with Crippen LogP contribution in [0.4, 0.5) is 0 Å². The number of carbonyl (C=O) groups is 1. The maximum Gasteiger partial charge on any atom is 0.304 e. The van der Waals surface area contributed by atoms with E-state index in [0.29, 0.717) is 5.92 Å². The lowest BCUT2D eigenvalue weighted by Crippen LogP contribution is -2.04. The van der Waals surface area contributed by atoms with E-state index in [-0.39, 0.29) is 12.3 Å². The first-order valence-corrected chi connectivity index (χ1v) is 6.58. The highest BCUT2D eigenvalue weighted by atomic mass is 32.1. The smallest absolute Gasteiger partial charge is 0.304 e. The van der Waals surface area contributed by atoms with E-state index in [0.717, 1.165) is 25.0 Å². The highest BCUT2D eigenvalue weighted by molar-refractivity contribution is 7.11. The maximum absolute atomic E-state index is 10.7. The molecule has 0 spiro atoms. The maximum atomic E-state index is 10.7. The van der Waals surface area contributed by atoms with Crippen molar-refractivity contribution in [3.8, 4) is 0 Å². The molecule has 4 heteroatoms. The Morgan fingerprint density at radius 3 is 3.00 bits per heavy atom. The van der Waals surface area contributed by atoms with Crippen molar-refractivity contribution in [3.63, 3.8) is 0 Å². The van der Waals surface area contributed by atoms with Gasteiger partial charge in [-0.3, -0.25) is 4.79 Å². The van der Waals surface area contributed by atoms with E-state index in [4.69, 9.17) is 5.11 Å². The van der Waals surface area contributed by atoms with Crippen molar-refractivity contribution in [2.75, 3.05) is 0 Å². The van der Waals surface area contributed by atoms with Crippen molar-refractivity contribution < 1.29 is 9.90 Å². The Balaban J connectivity index is 2.13. The molecule has 0 aromatic carbocycles. The first kappa shape index (κ1) is 11.6. The van der Waals surface area contributed by atoms with Gasteiger partial charge in [0, 0.05) is 17.2 Å². The molecule has 2 rings (SSSR count). The highest BCUT2D eigenvalue weighted by Crippen LogP contribution is 2.38. The molecule has 0 radical (unpaired) electrons. The van der Waals surface area contributed by atoms with Crippen LogP contribution in [0.25, 0.3) is 0 Å². The molecule has 0 saturated carbocycles. The minimum atomic E-state index is -0.712. The van der Waals surface area contributed by atoms with Gasteiger partial charge in [0.25, 0.3) is 0 Å². The number of carboxylic acid groups (broad SMARTS) is 1. The minimum absolute atomic E-state index is 0.157. The second-order valence-corrected chi connectivity index (χ2v) is 6.02. The summed E-state index contributed by atoms with van der Waals surface area (Å²) in [6.45, 7) is 4.36. The summed E-state index contributed by atoms with van der Waals surface area (Å²) >= 11 is 1.78. The second kappa shape index (κ2) is 4.53. The van der Waals surface area contributed by atoms with Crippen LogP contribution < -0.4 is 0 Å². The summed E-state index contributed by atoms with van der Waals surface area (Å²) in [5.74, 6) is 0.0603. The topological polar surface area (TPSA) is 50.2 Å². The highest BCUT2D eigenvalue weighted by Gasteiger charge is 2.28. The second-order valence-electron chi connectivity index (χ2n) is 4.85. The molecule has 0 fully saturated rings. The molecule has 1 atom stereocenters. The van der Waals surface area contributed by atoms with Gasteiger partial charge in [0.15, 0.2) is 0 Å². The summed E-state index contributed by atoms with van der Waals surface area (Å²) in [5, 5.41) is 10.0. The Morgan fingerprint density at radius 2 is 2.38 bits per heavy atom. The Hall–Kier alpha value is -0.900. The van der Waals surface area contributed by atoms with Crippen molar-refractivity contribution in [3.05, 3.63) is 15.6 Å². The normalized spacial score (nSPS) is 19.1. The van der Waals surface area contributed by atoms with Crippen LogP contribution in [-0.2, 0) is 17.6 Å². The number of hydrogen-bond donors (Lipinski definition) is 1. The number of hydrogen-bond acceptors (Lipinski definition) is 3. The van der Waals surface area contributed by atoms with Crippen LogP contribution in [0, 0.1) is 5.92 Å². The lowest BCUT2D eigenvalue weighted by molar-refractivity contribution is -0.137. The first-order valence-electron chi connectivity index (χ1n) is 5.76. The van der Waals surface area contributed by atoms with E-state index < -0.39 is 5.97 Å². The molecular weight excluding hydrogens is 222 g/mol. The number of thiazole rings is 1. The van der Waals surface area contributed by atoms with E-state index >= 15 is 0 Å². The number of nitrogens with zero attached hydrogens (tertiary/aromatic N) is 1. The third-order valence-corrected chi connectivity index (χ3v) is 4.04. The lowest BCUT2D eigenvalue weighted by atomic mass is 10.0. The molecule has 1 unspecified atom stereocenters. The zero-order chi connectivity index (χ0) is 11.7. The van der Waals surface area contributed by atoms with Crippen LogP contribution in [0.2, 0.25) is 0 Å². The quantitative estimate of drug-likeness (QED) is 0.879. The molecule has 1 aromatic heterocycles. The van der Waals surface area contributed by atoms with Crippen LogP contribution >= 0.6 is 11.3 Å². The summed E-state index contributed by atoms with van der Waals surface area (Å²) < 4.78 is 0. The zero-order valence-corrected chi connectivity index (χ0v) is 10.5. The number of carboxylic acids is 1. The molecule has 1 aliphatic rings. The van der Waals surface area contributed by atoms with E-state index in [9.17, 15) is 4.79 Å². The Kier molecular flexibility index (Phi) is 3.28. The molecule has 0 aliphatic heterocycles. The fourth-order valence-electron chi connectivity index (χ4n) is 2.20. The third kappa shape index (κ3) is 2.43. The number of aromatic nitrogens is 1. The predicted molar refractivity (Wildman–Crippen MR) is 64.0 cm³/mol. The van der Waals surface area contributed by atoms with Gasteiger partial charge in [0.2, 0.25) is 0 Å². The number of aliphatic carboxylic acids is 1. The summed E-state index contributed by atoms with van der Waals surface area (Å²) in [6.07, 6.45) is 3.22. The first-order chi connectivity index (χ1) is 7.56. The van der Waals surface area contributed by atoms with Crippen molar-refractivity contribution >= 4 is 17.3 Å². The molecule has 1 aromatic rings. The van der Waals surface area contributed by atoms with Crippen LogP contribution in [-0.4, -0.2) is 16.1 Å². The van der Waals surface area contributed by atoms with Crippen molar-refractivity contribution in [2.45, 2.75) is 45.4 Å². The van der Waals surface area contributed by atoms with Gasteiger partial charge in [0.05, 0.1) is 17.1 Å². The lowest BCUT2D eigenvalue weighted by Gasteiger charge is -2.05. The van der Waals surface area contributed by atoms with Crippen LogP contribution in [0.3, 0.4) is 0 Å². The molecule has 3 nitrogen and oxygen atoms in total. The van der Waals surface area contributed by atoms with Gasteiger partial charge < -0.3 is 5.11 Å². The van der Waals surface area contributed by atoms with Gasteiger partial charge in [-0.1, -0.05) is 13.8 Å². The van der Waals surface area contributed by atoms with Crippen molar-refractivity contribution in [2.24, 2.45) is 5.92 Å². The molecule has 88 valence electrons. The summed E-state index contributed by atoms with van der Waals surface area (Å²) in [4.78, 5) is 16.7. The standard InChI is InChI=1S/C12H17NO2S/c1-7(2)5-10-13-12-8(6-11(14)15)3-4-9(12)16-10/h7-8H,3-6H2,1-2H3,(H,14,15). The van der Waals surface area contributed by atoms with Crippen molar-refractivity contribution in [1.29, 1.82) is 0 Å². The van der Waals surface area contributed by atoms with Gasteiger partial charge >= 0.3 is 5.97 Å². The molecule has 0 saturated heterocycles. The molecule has 0 bridgehead atoms. The predicted octanol–water partition coefficient (Wildman–Crippen LogP) is 2.85. The number of fused-ring (bicyclic) bond motifs is 1. The molecular formula is C12H17NO2S. The van der Waals surface area contributed by atoms with E-state index in [2.05, 4.69) is 18.8 Å². The number of rotatable bonds is 4. The number of aryl methyl sites for hydroxylation is 1. The summed E-state index contributed by atoms with van der Waals surface area (Å²) in [7, 11) is 0. The summed E-state index contributed by atoms with van der Waals surface area (Å²) in [6, 6.07) is 0. The summed E-state index contributed by atoms with van der Waals surface area (Å²) in [5.41, 5.74) is 1.07. The van der Waals surface area contributed by atoms with Gasteiger partial charge in [-0.05, 0) is 18.8 Å². The van der Waals surface area contributed by atoms with Crippen LogP contribution in [0.15, 0.2) is 0 Å². The fraction of sp³-hybridized carbons (Fsp3) is 0.667. The van der Waals surface area contributed by atoms with E-state index in [1.54, 1.807) is 11.3 Å². The Labute approximate surface area is 99.5 Å². The van der Waals surface area contributed by atoms with Gasteiger partial charge in [-0.25, -0.2) is 4.98 Å². The zero-order valence-electron chi connectivity index (χ0n) is 9.69. The molecule has 16 heavy (non-hydrogen) atoms. The molecule has 1 heterocycles. The third-order valence-electron chi connectivity index (χ3n) is 2.88. The van der Waals surface area contributed by atoms with Crippen molar-refractivity contribution in [1.82, 2.24) is 4.98 Å². The van der Waals surface area contributed by atoms with E-state index in [1.165, 1.54) is 9.88 Å². The molecule has 1 aliphatic carbocycles. The monoisotopic (exact) mass is 239 g/mol. The molecule has 1 N–H and O–H groups in total. The molecule has 0 amide bonds. The minimum Gasteiger partial charge on any atom is -0.481 e. The van der Waals surface area contributed by atoms with Gasteiger partial charge in [0.1, 0.15) is 0 Å². The SMILES string of the molecule is CC(C)Cc1nc2c(s1)CCC2CC(=O)O. The van der Waals surface area contributed by atoms with E-state index in [1.807, 2.05) is 0 Å². The average molecular weight is 239 g/mol. The Bertz CT molecular complexity index is 398. The van der Waals surface area contributed by atoms with Crippen LogP contribution in [0.5, 0.6) is 0 Å². The largest absolute Gasteiger partial charge is 0.481 e. The van der Waals surface area contributed by atoms with Gasteiger partial charge in [-0.2, -0.15) is 0 Å².